The maximum atomic E-state index is 12.8. The van der Waals surface area contributed by atoms with Crippen molar-refractivity contribution in [2.75, 3.05) is 0 Å². The molecule has 0 aliphatic heterocycles. The lowest BCUT2D eigenvalue weighted by Crippen LogP contribution is -2.19. The predicted octanol–water partition coefficient (Wildman–Crippen LogP) is 4.53. The Kier molecular flexibility index (Phi) is 5.25. The van der Waals surface area contributed by atoms with Crippen molar-refractivity contribution in [2.24, 2.45) is 0 Å². The Morgan fingerprint density at radius 3 is 2.14 bits per heavy atom. The summed E-state index contributed by atoms with van der Waals surface area (Å²) in [4.78, 5) is 24.5. The van der Waals surface area contributed by atoms with Crippen molar-refractivity contribution in [3.63, 3.8) is 0 Å². The summed E-state index contributed by atoms with van der Waals surface area (Å²) in [6.07, 6.45) is 2.91. The first-order chi connectivity index (χ1) is 14.1. The molecule has 0 atom stereocenters. The van der Waals surface area contributed by atoms with Gasteiger partial charge in [-0.25, -0.2) is 4.79 Å². The summed E-state index contributed by atoms with van der Waals surface area (Å²) in [5.74, 6) is -1.20. The minimum atomic E-state index is -1.20. The number of carboxylic acid groups (broad SMARTS) is 1. The molecule has 0 spiro atoms. The quantitative estimate of drug-likeness (QED) is 0.532. The van der Waals surface area contributed by atoms with Crippen LogP contribution in [0.25, 0.3) is 10.9 Å². The van der Waals surface area contributed by atoms with Gasteiger partial charge in [0.1, 0.15) is 5.56 Å². The molecular weight excluding hydrogens is 362 g/mol. The van der Waals surface area contributed by atoms with Gasteiger partial charge in [-0.05, 0) is 41.7 Å². The van der Waals surface area contributed by atoms with E-state index in [1.54, 1.807) is 0 Å². The van der Waals surface area contributed by atoms with Gasteiger partial charge in [-0.3, -0.25) is 4.79 Å². The van der Waals surface area contributed by atoms with Gasteiger partial charge in [0.15, 0.2) is 0 Å². The molecule has 144 valence electrons. The zero-order chi connectivity index (χ0) is 20.2. The zero-order valence-electron chi connectivity index (χ0n) is 15.9. The number of aromatic carboxylic acids is 1. The summed E-state index contributed by atoms with van der Waals surface area (Å²) in [6.45, 7) is 0.596. The Morgan fingerprint density at radius 2 is 1.48 bits per heavy atom. The standard InChI is InChI=1S/C25H21NO3/c27-24-21-16-20(15-19-9-5-2-6-10-19)11-12-23(21)26(17-22(24)25(28)29)14-13-18-7-3-1-4-8-18/h1-12,16-17H,13-15H2,(H,28,29). The number of nitrogens with zero attached hydrogens (tertiary/aromatic N) is 1. The van der Waals surface area contributed by atoms with Crippen LogP contribution in [0.1, 0.15) is 27.0 Å². The smallest absolute Gasteiger partial charge is 0.341 e. The van der Waals surface area contributed by atoms with Crippen molar-refractivity contribution in [2.45, 2.75) is 19.4 Å². The lowest BCUT2D eigenvalue weighted by Gasteiger charge is -2.13. The van der Waals surface area contributed by atoms with Crippen molar-refractivity contribution < 1.29 is 9.90 Å². The largest absolute Gasteiger partial charge is 0.477 e. The van der Waals surface area contributed by atoms with E-state index in [9.17, 15) is 14.7 Å². The molecule has 4 aromatic rings. The molecule has 3 aromatic carbocycles. The van der Waals surface area contributed by atoms with E-state index >= 15 is 0 Å². The molecule has 0 aliphatic rings. The van der Waals surface area contributed by atoms with Gasteiger partial charge in [0.25, 0.3) is 0 Å². The summed E-state index contributed by atoms with van der Waals surface area (Å²) < 4.78 is 1.87. The normalized spacial score (nSPS) is 10.9. The number of carboxylic acids is 1. The van der Waals surface area contributed by atoms with Gasteiger partial charge in [0.2, 0.25) is 5.43 Å². The molecule has 4 heteroatoms. The second kappa shape index (κ2) is 8.15. The van der Waals surface area contributed by atoms with E-state index in [1.165, 1.54) is 6.20 Å². The first-order valence-electron chi connectivity index (χ1n) is 9.59. The van der Waals surface area contributed by atoms with Gasteiger partial charge in [0.05, 0.1) is 5.52 Å². The minimum absolute atomic E-state index is 0.192. The molecule has 4 nitrogen and oxygen atoms in total. The third-order valence-corrected chi connectivity index (χ3v) is 5.11. The van der Waals surface area contributed by atoms with Crippen LogP contribution in [0.15, 0.2) is 89.9 Å². The Hall–Kier alpha value is -3.66. The molecule has 1 aromatic heterocycles. The fourth-order valence-electron chi connectivity index (χ4n) is 3.62. The van der Waals surface area contributed by atoms with Gasteiger partial charge in [-0.15, -0.1) is 0 Å². The number of aryl methyl sites for hydroxylation is 2. The van der Waals surface area contributed by atoms with Gasteiger partial charge in [-0.2, -0.15) is 0 Å². The van der Waals surface area contributed by atoms with Crippen LogP contribution in [0.2, 0.25) is 0 Å². The topological polar surface area (TPSA) is 59.3 Å². The third kappa shape index (κ3) is 4.11. The fourth-order valence-corrected chi connectivity index (χ4v) is 3.62. The molecule has 0 unspecified atom stereocenters. The lowest BCUT2D eigenvalue weighted by atomic mass is 10.0. The van der Waals surface area contributed by atoms with E-state index < -0.39 is 11.4 Å². The summed E-state index contributed by atoms with van der Waals surface area (Å²) in [6, 6.07) is 25.8. The second-order valence-electron chi connectivity index (χ2n) is 7.12. The van der Waals surface area contributed by atoms with Crippen LogP contribution >= 0.6 is 0 Å². The van der Waals surface area contributed by atoms with Crippen LogP contribution in [-0.2, 0) is 19.4 Å². The van der Waals surface area contributed by atoms with Crippen LogP contribution < -0.4 is 5.43 Å². The maximum absolute atomic E-state index is 12.8. The molecule has 0 fully saturated rings. The van der Waals surface area contributed by atoms with E-state index in [2.05, 4.69) is 0 Å². The predicted molar refractivity (Wildman–Crippen MR) is 115 cm³/mol. The van der Waals surface area contributed by atoms with E-state index in [0.717, 1.165) is 28.6 Å². The van der Waals surface area contributed by atoms with Crippen molar-refractivity contribution in [3.8, 4) is 0 Å². The van der Waals surface area contributed by atoms with E-state index in [4.69, 9.17) is 0 Å². The summed E-state index contributed by atoms with van der Waals surface area (Å²) in [5, 5.41) is 9.98. The first-order valence-corrected chi connectivity index (χ1v) is 9.59. The molecule has 0 aliphatic carbocycles. The molecule has 1 N–H and O–H groups in total. The Bertz CT molecular complexity index is 1210. The summed E-state index contributed by atoms with van der Waals surface area (Å²) in [7, 11) is 0. The molecular formula is C25H21NO3. The van der Waals surface area contributed by atoms with Crippen LogP contribution in [0.5, 0.6) is 0 Å². The van der Waals surface area contributed by atoms with Crippen molar-refractivity contribution in [1.29, 1.82) is 0 Å². The highest BCUT2D eigenvalue weighted by atomic mass is 16.4. The molecule has 0 radical (unpaired) electrons. The summed E-state index contributed by atoms with van der Waals surface area (Å²) >= 11 is 0. The SMILES string of the molecule is O=C(O)c1cn(CCc2ccccc2)c2ccc(Cc3ccccc3)cc2c1=O. The van der Waals surface area contributed by atoms with E-state index in [1.807, 2.05) is 83.4 Å². The molecule has 4 rings (SSSR count). The van der Waals surface area contributed by atoms with Crippen molar-refractivity contribution in [3.05, 3.63) is 118 Å². The second-order valence-corrected chi connectivity index (χ2v) is 7.12. The molecule has 29 heavy (non-hydrogen) atoms. The highest BCUT2D eigenvalue weighted by molar-refractivity contribution is 5.92. The average molecular weight is 383 g/mol. The van der Waals surface area contributed by atoms with Crippen LogP contribution in [0, 0.1) is 0 Å². The fraction of sp³-hybridized carbons (Fsp3) is 0.120. The maximum Gasteiger partial charge on any atom is 0.341 e. The number of hydrogen-bond donors (Lipinski definition) is 1. The molecule has 0 amide bonds. The number of pyridine rings is 1. The number of rotatable bonds is 6. The van der Waals surface area contributed by atoms with Crippen LogP contribution in [0.3, 0.4) is 0 Å². The Morgan fingerprint density at radius 1 is 0.828 bits per heavy atom. The van der Waals surface area contributed by atoms with Gasteiger partial charge >= 0.3 is 5.97 Å². The summed E-state index contributed by atoms with van der Waals surface area (Å²) in [5.41, 5.74) is 3.43. The zero-order valence-corrected chi connectivity index (χ0v) is 15.9. The molecule has 1 heterocycles. The number of benzene rings is 3. The number of aromatic nitrogens is 1. The molecule has 0 bridgehead atoms. The highest BCUT2D eigenvalue weighted by Crippen LogP contribution is 2.18. The van der Waals surface area contributed by atoms with Crippen LogP contribution in [0.4, 0.5) is 0 Å². The van der Waals surface area contributed by atoms with Gasteiger partial charge < -0.3 is 9.67 Å². The highest BCUT2D eigenvalue weighted by Gasteiger charge is 2.15. The average Bonchev–Trinajstić information content (AvgIpc) is 2.75. The van der Waals surface area contributed by atoms with E-state index in [-0.39, 0.29) is 5.56 Å². The lowest BCUT2D eigenvalue weighted by molar-refractivity contribution is 0.0695. The first kappa shape index (κ1) is 18.7. The van der Waals surface area contributed by atoms with Crippen LogP contribution in [-0.4, -0.2) is 15.6 Å². The Labute approximate surface area is 168 Å². The molecule has 0 saturated heterocycles. The number of carbonyl (C=O) groups is 1. The van der Waals surface area contributed by atoms with Gasteiger partial charge in [0, 0.05) is 18.1 Å². The monoisotopic (exact) mass is 383 g/mol. The van der Waals surface area contributed by atoms with Crippen molar-refractivity contribution >= 4 is 16.9 Å². The minimum Gasteiger partial charge on any atom is -0.477 e. The van der Waals surface area contributed by atoms with Crippen molar-refractivity contribution in [1.82, 2.24) is 4.57 Å². The Balaban J connectivity index is 1.75. The number of hydrogen-bond acceptors (Lipinski definition) is 2. The molecule has 0 saturated carbocycles. The number of fused-ring (bicyclic) bond motifs is 1. The third-order valence-electron chi connectivity index (χ3n) is 5.11. The van der Waals surface area contributed by atoms with Gasteiger partial charge in [-0.1, -0.05) is 66.7 Å². The van der Waals surface area contributed by atoms with E-state index in [0.29, 0.717) is 18.4 Å².